The maximum absolute atomic E-state index is 12.5. The third-order valence-electron chi connectivity index (χ3n) is 4.68. The van der Waals surface area contributed by atoms with Crippen molar-refractivity contribution in [1.29, 1.82) is 0 Å². The van der Waals surface area contributed by atoms with Gasteiger partial charge in [0.1, 0.15) is 10.5 Å². The SMILES string of the molecule is CN(C)Cc1nc2c(sc3ccc(C#CCCCc4ccccc4)cc32)c(=O)[nH]1. The van der Waals surface area contributed by atoms with Crippen LogP contribution in [0.5, 0.6) is 0 Å². The van der Waals surface area contributed by atoms with Crippen LogP contribution >= 0.6 is 11.3 Å². The molecule has 29 heavy (non-hydrogen) atoms. The Balaban J connectivity index is 1.56. The summed E-state index contributed by atoms with van der Waals surface area (Å²) in [5, 5.41) is 1.01. The average molecular weight is 402 g/mol. The number of aryl methyl sites for hydroxylation is 1. The van der Waals surface area contributed by atoms with Crippen molar-refractivity contribution in [3.8, 4) is 11.8 Å². The van der Waals surface area contributed by atoms with Gasteiger partial charge in [-0.05, 0) is 50.7 Å². The number of hydrogen-bond donors (Lipinski definition) is 1. The molecule has 0 aliphatic rings. The number of thiophene rings is 1. The lowest BCUT2D eigenvalue weighted by Gasteiger charge is -2.08. The van der Waals surface area contributed by atoms with Crippen LogP contribution in [0.2, 0.25) is 0 Å². The zero-order valence-electron chi connectivity index (χ0n) is 16.7. The van der Waals surface area contributed by atoms with Gasteiger partial charge in [-0.1, -0.05) is 42.2 Å². The quantitative estimate of drug-likeness (QED) is 0.394. The largest absolute Gasteiger partial charge is 0.308 e. The molecule has 0 amide bonds. The molecular formula is C24H23N3OS. The average Bonchev–Trinajstić information content (AvgIpc) is 3.07. The number of hydrogen-bond acceptors (Lipinski definition) is 4. The number of rotatable bonds is 5. The van der Waals surface area contributed by atoms with Crippen LogP contribution in [0, 0.1) is 11.8 Å². The van der Waals surface area contributed by atoms with E-state index in [1.165, 1.54) is 16.9 Å². The number of benzene rings is 2. The summed E-state index contributed by atoms with van der Waals surface area (Å²) in [6.45, 7) is 0.601. The van der Waals surface area contributed by atoms with Gasteiger partial charge in [0, 0.05) is 22.1 Å². The molecule has 0 bridgehead atoms. The summed E-state index contributed by atoms with van der Waals surface area (Å²) in [5.41, 5.74) is 3.03. The van der Waals surface area contributed by atoms with Crippen molar-refractivity contribution < 1.29 is 0 Å². The van der Waals surface area contributed by atoms with E-state index in [2.05, 4.69) is 47.2 Å². The summed E-state index contributed by atoms with van der Waals surface area (Å²) >= 11 is 1.49. The van der Waals surface area contributed by atoms with Crippen LogP contribution in [-0.4, -0.2) is 29.0 Å². The van der Waals surface area contributed by atoms with Gasteiger partial charge in [-0.25, -0.2) is 4.98 Å². The van der Waals surface area contributed by atoms with Crippen molar-refractivity contribution in [3.63, 3.8) is 0 Å². The predicted molar refractivity (Wildman–Crippen MR) is 121 cm³/mol. The van der Waals surface area contributed by atoms with Crippen LogP contribution in [0.1, 0.15) is 29.8 Å². The van der Waals surface area contributed by atoms with Crippen molar-refractivity contribution >= 4 is 31.6 Å². The monoisotopic (exact) mass is 401 g/mol. The molecule has 0 radical (unpaired) electrons. The summed E-state index contributed by atoms with van der Waals surface area (Å²) in [6, 6.07) is 16.6. The molecule has 0 unspecified atom stereocenters. The highest BCUT2D eigenvalue weighted by molar-refractivity contribution is 7.25. The van der Waals surface area contributed by atoms with Gasteiger partial charge in [0.15, 0.2) is 0 Å². The summed E-state index contributed by atoms with van der Waals surface area (Å²) in [7, 11) is 3.92. The highest BCUT2D eigenvalue weighted by atomic mass is 32.1. The van der Waals surface area contributed by atoms with E-state index in [1.54, 1.807) is 0 Å². The predicted octanol–water partition coefficient (Wildman–Crippen LogP) is 4.57. The standard InChI is InChI=1S/C24H23N3OS/c1-27(2)16-21-25-22-19-15-18(13-14-20(19)29-23(22)24(28)26-21)12-8-4-7-11-17-9-5-3-6-10-17/h3,5-6,9-10,13-15H,4,7,11,16H2,1-2H3,(H,25,26,28). The molecule has 0 fully saturated rings. The first kappa shape index (κ1) is 19.4. The van der Waals surface area contributed by atoms with E-state index in [9.17, 15) is 4.79 Å². The van der Waals surface area contributed by atoms with Gasteiger partial charge in [-0.3, -0.25) is 4.79 Å². The zero-order valence-corrected chi connectivity index (χ0v) is 17.5. The fourth-order valence-electron chi connectivity index (χ4n) is 3.34. The first-order valence-corrected chi connectivity index (χ1v) is 10.5. The van der Waals surface area contributed by atoms with Gasteiger partial charge in [0.25, 0.3) is 5.56 Å². The van der Waals surface area contributed by atoms with Gasteiger partial charge in [-0.2, -0.15) is 0 Å². The van der Waals surface area contributed by atoms with E-state index in [-0.39, 0.29) is 5.56 Å². The number of nitrogens with one attached hydrogen (secondary N) is 1. The Labute approximate surface area is 174 Å². The number of fused-ring (bicyclic) bond motifs is 3. The molecule has 1 N–H and O–H groups in total. The topological polar surface area (TPSA) is 49.0 Å². The maximum Gasteiger partial charge on any atom is 0.268 e. The lowest BCUT2D eigenvalue weighted by molar-refractivity contribution is 0.390. The Morgan fingerprint density at radius 2 is 1.97 bits per heavy atom. The van der Waals surface area contributed by atoms with Crippen LogP contribution in [-0.2, 0) is 13.0 Å². The lowest BCUT2D eigenvalue weighted by Crippen LogP contribution is -2.17. The Hall–Kier alpha value is -2.94. The molecule has 0 aliphatic heterocycles. The third-order valence-corrected chi connectivity index (χ3v) is 5.84. The molecule has 2 aromatic heterocycles. The summed E-state index contributed by atoms with van der Waals surface area (Å²) in [4.78, 5) is 22.1. The van der Waals surface area contributed by atoms with Crippen molar-refractivity contribution in [3.05, 3.63) is 75.8 Å². The molecule has 5 heteroatoms. The summed E-state index contributed by atoms with van der Waals surface area (Å²) in [6.07, 6.45) is 2.96. The fourth-order valence-corrected chi connectivity index (χ4v) is 4.36. The first-order chi connectivity index (χ1) is 14.1. The second kappa shape index (κ2) is 8.60. The van der Waals surface area contributed by atoms with Crippen LogP contribution in [0.3, 0.4) is 0 Å². The molecule has 4 rings (SSSR count). The van der Waals surface area contributed by atoms with Crippen molar-refractivity contribution in [1.82, 2.24) is 14.9 Å². The van der Waals surface area contributed by atoms with Gasteiger partial charge in [-0.15, -0.1) is 11.3 Å². The van der Waals surface area contributed by atoms with E-state index in [1.807, 2.05) is 37.2 Å². The smallest absolute Gasteiger partial charge is 0.268 e. The molecule has 0 aliphatic carbocycles. The Morgan fingerprint density at radius 3 is 2.76 bits per heavy atom. The van der Waals surface area contributed by atoms with Crippen LogP contribution in [0.4, 0.5) is 0 Å². The second-order valence-corrected chi connectivity index (χ2v) is 8.43. The zero-order chi connectivity index (χ0) is 20.2. The molecule has 0 atom stereocenters. The van der Waals surface area contributed by atoms with Crippen LogP contribution in [0.25, 0.3) is 20.3 Å². The van der Waals surface area contributed by atoms with Gasteiger partial charge in [0.05, 0.1) is 12.1 Å². The fraction of sp³-hybridized carbons (Fsp3) is 0.250. The van der Waals surface area contributed by atoms with Crippen molar-refractivity contribution in [2.75, 3.05) is 14.1 Å². The highest BCUT2D eigenvalue weighted by Crippen LogP contribution is 2.31. The van der Waals surface area contributed by atoms with E-state index in [0.29, 0.717) is 17.1 Å². The van der Waals surface area contributed by atoms with E-state index in [4.69, 9.17) is 4.98 Å². The molecule has 2 aromatic carbocycles. The van der Waals surface area contributed by atoms with Gasteiger partial charge < -0.3 is 9.88 Å². The van der Waals surface area contributed by atoms with E-state index < -0.39 is 0 Å². The normalized spacial score (nSPS) is 11.1. The minimum atomic E-state index is -0.0680. The van der Waals surface area contributed by atoms with Crippen molar-refractivity contribution in [2.24, 2.45) is 0 Å². The maximum atomic E-state index is 12.5. The van der Waals surface area contributed by atoms with Crippen LogP contribution < -0.4 is 5.56 Å². The highest BCUT2D eigenvalue weighted by Gasteiger charge is 2.12. The molecule has 4 nitrogen and oxygen atoms in total. The number of aromatic amines is 1. The minimum Gasteiger partial charge on any atom is -0.308 e. The molecule has 0 saturated heterocycles. The molecule has 2 heterocycles. The summed E-state index contributed by atoms with van der Waals surface area (Å²) < 4.78 is 1.74. The lowest BCUT2D eigenvalue weighted by atomic mass is 10.1. The number of unbranched alkanes of at least 4 members (excludes halogenated alkanes) is 1. The molecule has 0 spiro atoms. The Morgan fingerprint density at radius 1 is 1.14 bits per heavy atom. The van der Waals surface area contributed by atoms with Crippen LogP contribution in [0.15, 0.2) is 53.3 Å². The molecule has 0 saturated carbocycles. The number of nitrogens with zero attached hydrogens (tertiary/aromatic N) is 2. The Kier molecular flexibility index (Phi) is 5.75. The number of aromatic nitrogens is 2. The second-order valence-electron chi connectivity index (χ2n) is 7.38. The molecule has 146 valence electrons. The molecular weight excluding hydrogens is 378 g/mol. The van der Waals surface area contributed by atoms with Gasteiger partial charge >= 0.3 is 0 Å². The first-order valence-electron chi connectivity index (χ1n) is 9.73. The minimum absolute atomic E-state index is 0.0680. The summed E-state index contributed by atoms with van der Waals surface area (Å²) in [5.74, 6) is 7.24. The molecule has 4 aromatic rings. The van der Waals surface area contributed by atoms with Crippen molar-refractivity contribution in [2.45, 2.75) is 25.8 Å². The third kappa shape index (κ3) is 4.56. The van der Waals surface area contributed by atoms with E-state index >= 15 is 0 Å². The Bertz CT molecular complexity index is 1260. The van der Waals surface area contributed by atoms with E-state index in [0.717, 1.165) is 40.4 Å². The van der Waals surface area contributed by atoms with Gasteiger partial charge in [0.2, 0.25) is 0 Å². The number of H-pyrrole nitrogens is 1.